The van der Waals surface area contributed by atoms with Crippen molar-refractivity contribution in [2.75, 3.05) is 31.5 Å². The number of ether oxygens (including phenoxy) is 1. The molecule has 0 atom stereocenters. The lowest BCUT2D eigenvalue weighted by atomic mass is 10.1. The number of hydrogen-bond acceptors (Lipinski definition) is 6. The third kappa shape index (κ3) is 5.12. The van der Waals surface area contributed by atoms with Crippen LogP contribution in [0.15, 0.2) is 64.9 Å². The lowest BCUT2D eigenvalue weighted by Crippen LogP contribution is -2.37. The van der Waals surface area contributed by atoms with E-state index < -0.39 is 10.0 Å². The van der Waals surface area contributed by atoms with Crippen molar-refractivity contribution in [3.8, 4) is 5.75 Å². The Hall–Kier alpha value is -2.88. The summed E-state index contributed by atoms with van der Waals surface area (Å²) in [6.07, 6.45) is 1.04. The van der Waals surface area contributed by atoms with Crippen LogP contribution in [0, 0.1) is 0 Å². The predicted octanol–water partition coefficient (Wildman–Crippen LogP) is 3.35. The number of carbonyl (C=O) groups excluding carboxylic acids is 1. The fraction of sp³-hybridized carbons (Fsp3) is 0.261. The SMILES string of the molecule is COc1ccccc1NS(=O)(=O)c1cccc(C(=O)NCCN2CCc3sccc3C2)c1. The predicted molar refractivity (Wildman–Crippen MR) is 126 cm³/mol. The average Bonchev–Trinajstić information content (AvgIpc) is 3.27. The number of para-hydroxylation sites is 2. The highest BCUT2D eigenvalue weighted by molar-refractivity contribution is 7.92. The van der Waals surface area contributed by atoms with Gasteiger partial charge in [-0.25, -0.2) is 8.42 Å². The van der Waals surface area contributed by atoms with Crippen molar-refractivity contribution in [3.05, 3.63) is 76.0 Å². The number of thiophene rings is 1. The minimum atomic E-state index is -3.88. The Labute approximate surface area is 192 Å². The van der Waals surface area contributed by atoms with Gasteiger partial charge in [-0.05, 0) is 53.8 Å². The number of hydrogen-bond donors (Lipinski definition) is 2. The van der Waals surface area contributed by atoms with Gasteiger partial charge in [0.25, 0.3) is 15.9 Å². The summed E-state index contributed by atoms with van der Waals surface area (Å²) in [7, 11) is -2.41. The van der Waals surface area contributed by atoms with E-state index in [0.717, 1.165) is 26.1 Å². The Bertz CT molecular complexity index is 1210. The molecule has 168 valence electrons. The summed E-state index contributed by atoms with van der Waals surface area (Å²) in [5.74, 6) is 0.116. The highest BCUT2D eigenvalue weighted by Gasteiger charge is 2.19. The summed E-state index contributed by atoms with van der Waals surface area (Å²) in [6, 6.07) is 14.9. The molecule has 0 bridgehead atoms. The second-order valence-corrected chi connectivity index (χ2v) is 10.2. The van der Waals surface area contributed by atoms with Crippen molar-refractivity contribution < 1.29 is 17.9 Å². The van der Waals surface area contributed by atoms with Crippen molar-refractivity contribution in [3.63, 3.8) is 0 Å². The number of benzene rings is 2. The molecule has 2 N–H and O–H groups in total. The lowest BCUT2D eigenvalue weighted by molar-refractivity contribution is 0.0947. The zero-order valence-electron chi connectivity index (χ0n) is 17.7. The molecule has 3 aromatic rings. The summed E-state index contributed by atoms with van der Waals surface area (Å²) in [5, 5.41) is 5.02. The second kappa shape index (κ2) is 9.72. The zero-order chi connectivity index (χ0) is 22.6. The molecule has 1 amide bonds. The van der Waals surface area contributed by atoms with E-state index in [1.165, 1.54) is 29.7 Å². The number of nitrogens with one attached hydrogen (secondary N) is 2. The minimum Gasteiger partial charge on any atom is -0.495 e. The van der Waals surface area contributed by atoms with Crippen LogP contribution in [-0.4, -0.2) is 46.0 Å². The molecule has 2 aromatic carbocycles. The summed E-state index contributed by atoms with van der Waals surface area (Å²) in [6.45, 7) is 3.12. The molecule has 9 heteroatoms. The van der Waals surface area contributed by atoms with Gasteiger partial charge in [-0.1, -0.05) is 18.2 Å². The Morgan fingerprint density at radius 3 is 2.84 bits per heavy atom. The number of fused-ring (bicyclic) bond motifs is 1. The van der Waals surface area contributed by atoms with Crippen molar-refractivity contribution in [2.24, 2.45) is 0 Å². The maximum atomic E-state index is 12.8. The first kappa shape index (κ1) is 22.3. The van der Waals surface area contributed by atoms with Crippen molar-refractivity contribution in [1.29, 1.82) is 0 Å². The fourth-order valence-electron chi connectivity index (χ4n) is 3.66. The number of anilines is 1. The van der Waals surface area contributed by atoms with E-state index in [-0.39, 0.29) is 10.8 Å². The van der Waals surface area contributed by atoms with Gasteiger partial charge >= 0.3 is 0 Å². The maximum absolute atomic E-state index is 12.8. The molecule has 0 aliphatic carbocycles. The first-order valence-electron chi connectivity index (χ1n) is 10.3. The molecule has 2 heterocycles. The largest absolute Gasteiger partial charge is 0.495 e. The van der Waals surface area contributed by atoms with E-state index in [1.807, 2.05) is 0 Å². The monoisotopic (exact) mass is 471 g/mol. The van der Waals surface area contributed by atoms with E-state index in [4.69, 9.17) is 4.74 Å². The normalized spacial score (nSPS) is 13.9. The van der Waals surface area contributed by atoms with E-state index in [1.54, 1.807) is 47.7 Å². The van der Waals surface area contributed by atoms with Crippen LogP contribution in [0.3, 0.4) is 0 Å². The van der Waals surface area contributed by atoms with Gasteiger partial charge in [0.15, 0.2) is 0 Å². The van der Waals surface area contributed by atoms with E-state index in [0.29, 0.717) is 23.5 Å². The van der Waals surface area contributed by atoms with Crippen LogP contribution in [0.4, 0.5) is 5.69 Å². The third-order valence-corrected chi connectivity index (χ3v) is 7.74. The molecule has 0 saturated carbocycles. The van der Waals surface area contributed by atoms with Crippen molar-refractivity contribution in [2.45, 2.75) is 17.9 Å². The van der Waals surface area contributed by atoms with E-state index in [9.17, 15) is 13.2 Å². The lowest BCUT2D eigenvalue weighted by Gasteiger charge is -2.26. The highest BCUT2D eigenvalue weighted by Crippen LogP contribution is 2.26. The van der Waals surface area contributed by atoms with Crippen LogP contribution in [0.1, 0.15) is 20.8 Å². The van der Waals surface area contributed by atoms with Gasteiger partial charge in [0.05, 0.1) is 17.7 Å². The van der Waals surface area contributed by atoms with Crippen LogP contribution in [0.2, 0.25) is 0 Å². The van der Waals surface area contributed by atoms with Gasteiger partial charge in [0.1, 0.15) is 5.75 Å². The van der Waals surface area contributed by atoms with Crippen molar-refractivity contribution in [1.82, 2.24) is 10.2 Å². The van der Waals surface area contributed by atoms with Crippen LogP contribution in [0.5, 0.6) is 5.75 Å². The molecule has 0 saturated heterocycles. The molecule has 0 spiro atoms. The third-order valence-electron chi connectivity index (χ3n) is 5.36. The number of nitrogens with zero attached hydrogens (tertiary/aromatic N) is 1. The highest BCUT2D eigenvalue weighted by atomic mass is 32.2. The standard InChI is InChI=1S/C23H25N3O4S2/c1-30-21-8-3-2-7-20(21)25-32(28,29)19-6-4-5-17(15-19)23(27)24-11-13-26-12-9-22-18(16-26)10-14-31-22/h2-8,10,14-15,25H,9,11-13,16H2,1H3,(H,24,27). The van der Waals surface area contributed by atoms with Crippen LogP contribution in [-0.2, 0) is 23.0 Å². The van der Waals surface area contributed by atoms with Crippen LogP contribution < -0.4 is 14.8 Å². The first-order chi connectivity index (χ1) is 15.5. The van der Waals surface area contributed by atoms with Gasteiger partial charge < -0.3 is 10.1 Å². The Kier molecular flexibility index (Phi) is 6.78. The molecule has 1 aliphatic heterocycles. The number of amides is 1. The quantitative estimate of drug-likeness (QED) is 0.526. The molecule has 4 rings (SSSR count). The molecule has 0 radical (unpaired) electrons. The Morgan fingerprint density at radius 1 is 1.16 bits per heavy atom. The van der Waals surface area contributed by atoms with Gasteiger partial charge in [-0.15, -0.1) is 11.3 Å². The number of rotatable bonds is 8. The Morgan fingerprint density at radius 2 is 2.00 bits per heavy atom. The second-order valence-electron chi connectivity index (χ2n) is 7.48. The Balaban J connectivity index is 1.37. The molecule has 32 heavy (non-hydrogen) atoms. The summed E-state index contributed by atoms with van der Waals surface area (Å²) >= 11 is 1.80. The van der Waals surface area contributed by atoms with E-state index in [2.05, 4.69) is 26.4 Å². The van der Waals surface area contributed by atoms with Crippen LogP contribution in [0.25, 0.3) is 0 Å². The number of methoxy groups -OCH3 is 1. The molecule has 1 aromatic heterocycles. The van der Waals surface area contributed by atoms with Gasteiger partial charge in [0.2, 0.25) is 0 Å². The maximum Gasteiger partial charge on any atom is 0.262 e. The molecular formula is C23H25N3O4S2. The molecule has 0 fully saturated rings. The molecule has 7 nitrogen and oxygen atoms in total. The fourth-order valence-corrected chi connectivity index (χ4v) is 5.67. The first-order valence-corrected chi connectivity index (χ1v) is 12.6. The van der Waals surface area contributed by atoms with Gasteiger partial charge in [-0.2, -0.15) is 0 Å². The van der Waals surface area contributed by atoms with Gasteiger partial charge in [-0.3, -0.25) is 14.4 Å². The molecule has 0 unspecified atom stereocenters. The summed E-state index contributed by atoms with van der Waals surface area (Å²) < 4.78 is 33.4. The molecule has 1 aliphatic rings. The number of carbonyl (C=O) groups is 1. The van der Waals surface area contributed by atoms with Crippen LogP contribution >= 0.6 is 11.3 Å². The van der Waals surface area contributed by atoms with E-state index >= 15 is 0 Å². The van der Waals surface area contributed by atoms with Gasteiger partial charge in [0, 0.05) is 36.6 Å². The number of sulfonamides is 1. The molecular weight excluding hydrogens is 446 g/mol. The minimum absolute atomic E-state index is 0.0112. The summed E-state index contributed by atoms with van der Waals surface area (Å²) in [4.78, 5) is 16.4. The van der Waals surface area contributed by atoms with Crippen molar-refractivity contribution >= 4 is 33.0 Å². The topological polar surface area (TPSA) is 87.7 Å². The average molecular weight is 472 g/mol. The smallest absolute Gasteiger partial charge is 0.262 e. The summed E-state index contributed by atoms with van der Waals surface area (Å²) in [5.41, 5.74) is 2.00. The zero-order valence-corrected chi connectivity index (χ0v) is 19.3.